The van der Waals surface area contributed by atoms with Gasteiger partial charge in [-0.3, -0.25) is 0 Å². The fourth-order valence-corrected chi connectivity index (χ4v) is 2.48. The molecule has 1 saturated carbocycles. The van der Waals surface area contributed by atoms with Gasteiger partial charge in [-0.05, 0) is 30.5 Å². The molecule has 0 N–H and O–H groups in total. The van der Waals surface area contributed by atoms with E-state index in [4.69, 9.17) is 5.26 Å². The van der Waals surface area contributed by atoms with E-state index < -0.39 is 0 Å². The number of benzene rings is 1. The lowest BCUT2D eigenvalue weighted by atomic mass is 9.70. The van der Waals surface area contributed by atoms with Crippen molar-refractivity contribution in [2.75, 3.05) is 0 Å². The summed E-state index contributed by atoms with van der Waals surface area (Å²) in [5.41, 5.74) is 1.44. The van der Waals surface area contributed by atoms with Crippen molar-refractivity contribution in [2.45, 2.75) is 37.5 Å². The first-order chi connectivity index (χ1) is 7.80. The molecular weight excluding hydrogens is 196 g/mol. The van der Waals surface area contributed by atoms with E-state index in [1.165, 1.54) is 6.42 Å². The van der Waals surface area contributed by atoms with Gasteiger partial charge in [0.1, 0.15) is 0 Å². The summed E-state index contributed by atoms with van der Waals surface area (Å²) in [5, 5.41) is 18.2. The zero-order valence-electron chi connectivity index (χ0n) is 9.24. The highest BCUT2D eigenvalue weighted by Gasteiger charge is 2.33. The molecule has 0 amide bonds. The van der Waals surface area contributed by atoms with Gasteiger partial charge in [-0.1, -0.05) is 31.4 Å². The second-order valence-electron chi connectivity index (χ2n) is 4.44. The minimum atomic E-state index is -0.299. The van der Waals surface area contributed by atoms with Gasteiger partial charge in [-0.25, -0.2) is 0 Å². The molecule has 1 aromatic rings. The van der Waals surface area contributed by atoms with E-state index in [0.717, 1.165) is 31.2 Å². The highest BCUT2D eigenvalue weighted by molar-refractivity contribution is 5.38. The lowest BCUT2D eigenvalue weighted by Gasteiger charge is -2.31. The quantitative estimate of drug-likeness (QED) is 0.714. The molecule has 0 aromatic heterocycles. The van der Waals surface area contributed by atoms with Crippen LogP contribution >= 0.6 is 0 Å². The van der Waals surface area contributed by atoms with Gasteiger partial charge in [-0.15, -0.1) is 0 Å². The predicted molar refractivity (Wildman–Crippen MR) is 61.5 cm³/mol. The number of hydrogen-bond donors (Lipinski definition) is 0. The van der Waals surface area contributed by atoms with E-state index in [1.54, 1.807) is 0 Å². The maximum Gasteiger partial charge on any atom is 0.0991 e. The number of nitriles is 2. The van der Waals surface area contributed by atoms with Crippen LogP contribution in [0.4, 0.5) is 0 Å². The second-order valence-corrected chi connectivity index (χ2v) is 4.44. The fourth-order valence-electron chi connectivity index (χ4n) is 2.48. The summed E-state index contributed by atoms with van der Waals surface area (Å²) in [6.45, 7) is 0. The molecule has 0 unspecified atom stereocenters. The van der Waals surface area contributed by atoms with Gasteiger partial charge in [0.25, 0.3) is 0 Å². The van der Waals surface area contributed by atoms with Crippen LogP contribution in [0.1, 0.15) is 43.2 Å². The zero-order valence-corrected chi connectivity index (χ0v) is 9.24. The van der Waals surface area contributed by atoms with Gasteiger partial charge in [0.15, 0.2) is 0 Å². The molecule has 0 atom stereocenters. The summed E-state index contributed by atoms with van der Waals surface area (Å²) < 4.78 is 0. The Kier molecular flexibility index (Phi) is 2.93. The molecule has 1 aliphatic rings. The molecule has 0 spiro atoms. The molecule has 16 heavy (non-hydrogen) atoms. The molecule has 0 heterocycles. The van der Waals surface area contributed by atoms with Gasteiger partial charge < -0.3 is 0 Å². The van der Waals surface area contributed by atoms with Crippen molar-refractivity contribution in [2.24, 2.45) is 0 Å². The SMILES string of the molecule is N#Cc1ccc(C2(C#N)CCCCC2)cc1. The van der Waals surface area contributed by atoms with Crippen LogP contribution in [0.25, 0.3) is 0 Å². The van der Waals surface area contributed by atoms with Crippen LogP contribution in [-0.2, 0) is 5.41 Å². The van der Waals surface area contributed by atoms with Crippen molar-refractivity contribution >= 4 is 0 Å². The largest absolute Gasteiger partial charge is 0.197 e. The lowest BCUT2D eigenvalue weighted by molar-refractivity contribution is 0.366. The Morgan fingerprint density at radius 2 is 1.56 bits per heavy atom. The zero-order chi connectivity index (χ0) is 11.4. The first-order valence-electron chi connectivity index (χ1n) is 5.73. The Labute approximate surface area is 96.1 Å². The molecule has 0 bridgehead atoms. The maximum absolute atomic E-state index is 9.41. The maximum atomic E-state index is 9.41. The molecule has 1 aromatic carbocycles. The van der Waals surface area contributed by atoms with Crippen molar-refractivity contribution < 1.29 is 0 Å². The topological polar surface area (TPSA) is 47.6 Å². The molecule has 2 rings (SSSR count). The number of rotatable bonds is 1. The minimum absolute atomic E-state index is 0.299. The number of hydrogen-bond acceptors (Lipinski definition) is 2. The Hall–Kier alpha value is -1.80. The molecule has 1 aliphatic carbocycles. The van der Waals surface area contributed by atoms with E-state index in [2.05, 4.69) is 12.1 Å². The van der Waals surface area contributed by atoms with Crippen LogP contribution in [-0.4, -0.2) is 0 Å². The van der Waals surface area contributed by atoms with Crippen molar-refractivity contribution in [3.8, 4) is 12.1 Å². The summed E-state index contributed by atoms with van der Waals surface area (Å²) in [6.07, 6.45) is 5.41. The van der Waals surface area contributed by atoms with E-state index in [1.807, 2.05) is 24.3 Å². The first-order valence-corrected chi connectivity index (χ1v) is 5.73. The lowest BCUT2D eigenvalue weighted by Crippen LogP contribution is -2.26. The Balaban J connectivity index is 2.34. The van der Waals surface area contributed by atoms with Gasteiger partial charge in [0.2, 0.25) is 0 Å². The second kappa shape index (κ2) is 4.37. The van der Waals surface area contributed by atoms with E-state index in [0.29, 0.717) is 5.56 Å². The Bertz CT molecular complexity index is 439. The standard InChI is InChI=1S/C14H14N2/c15-10-12-4-6-13(7-5-12)14(11-16)8-2-1-3-9-14/h4-7H,1-3,8-9H2. The van der Waals surface area contributed by atoms with E-state index in [-0.39, 0.29) is 5.41 Å². The summed E-state index contributed by atoms with van der Waals surface area (Å²) in [6, 6.07) is 12.1. The smallest absolute Gasteiger partial charge is 0.0991 e. The first kappa shape index (κ1) is 10.7. The summed E-state index contributed by atoms with van der Waals surface area (Å²) in [4.78, 5) is 0. The van der Waals surface area contributed by atoms with Crippen molar-refractivity contribution in [3.63, 3.8) is 0 Å². The predicted octanol–water partition coefficient (Wildman–Crippen LogP) is 3.28. The molecule has 80 valence electrons. The van der Waals surface area contributed by atoms with Crippen molar-refractivity contribution in [3.05, 3.63) is 35.4 Å². The van der Waals surface area contributed by atoms with Gasteiger partial charge in [0, 0.05) is 0 Å². The highest BCUT2D eigenvalue weighted by Crippen LogP contribution is 2.38. The van der Waals surface area contributed by atoms with Gasteiger partial charge in [-0.2, -0.15) is 10.5 Å². The van der Waals surface area contributed by atoms with Gasteiger partial charge >= 0.3 is 0 Å². The third-order valence-electron chi connectivity index (χ3n) is 3.49. The van der Waals surface area contributed by atoms with Crippen LogP contribution in [0.15, 0.2) is 24.3 Å². The number of nitrogens with zero attached hydrogens (tertiary/aromatic N) is 2. The minimum Gasteiger partial charge on any atom is -0.197 e. The Morgan fingerprint density at radius 3 is 2.06 bits per heavy atom. The molecule has 2 nitrogen and oxygen atoms in total. The average Bonchev–Trinajstić information content (AvgIpc) is 2.39. The summed E-state index contributed by atoms with van der Waals surface area (Å²) in [7, 11) is 0. The summed E-state index contributed by atoms with van der Waals surface area (Å²) >= 11 is 0. The molecule has 2 heteroatoms. The average molecular weight is 210 g/mol. The van der Waals surface area contributed by atoms with Crippen molar-refractivity contribution in [1.29, 1.82) is 10.5 Å². The third kappa shape index (κ3) is 1.79. The third-order valence-corrected chi connectivity index (χ3v) is 3.49. The van der Waals surface area contributed by atoms with Gasteiger partial charge in [0.05, 0.1) is 23.1 Å². The van der Waals surface area contributed by atoms with E-state index in [9.17, 15) is 5.26 Å². The monoisotopic (exact) mass is 210 g/mol. The molecule has 0 saturated heterocycles. The molecule has 0 aliphatic heterocycles. The molecular formula is C14H14N2. The van der Waals surface area contributed by atoms with Crippen LogP contribution in [0.5, 0.6) is 0 Å². The fraction of sp³-hybridized carbons (Fsp3) is 0.429. The Morgan fingerprint density at radius 1 is 0.938 bits per heavy atom. The molecule has 1 fully saturated rings. The van der Waals surface area contributed by atoms with Crippen LogP contribution < -0.4 is 0 Å². The van der Waals surface area contributed by atoms with Crippen LogP contribution in [0, 0.1) is 22.7 Å². The highest BCUT2D eigenvalue weighted by atomic mass is 14.4. The normalized spacial score (nSPS) is 18.4. The molecule has 0 radical (unpaired) electrons. The van der Waals surface area contributed by atoms with Crippen LogP contribution in [0.2, 0.25) is 0 Å². The van der Waals surface area contributed by atoms with Crippen LogP contribution in [0.3, 0.4) is 0 Å². The van der Waals surface area contributed by atoms with E-state index >= 15 is 0 Å². The summed E-state index contributed by atoms with van der Waals surface area (Å²) in [5.74, 6) is 0. The van der Waals surface area contributed by atoms with Crippen molar-refractivity contribution in [1.82, 2.24) is 0 Å².